The van der Waals surface area contributed by atoms with E-state index in [1.165, 1.54) is 19.0 Å². The van der Waals surface area contributed by atoms with Gasteiger partial charge in [-0.05, 0) is 26.4 Å². The molecule has 0 aliphatic carbocycles. The summed E-state index contributed by atoms with van der Waals surface area (Å²) in [5.74, 6) is 0.606. The van der Waals surface area contributed by atoms with Crippen LogP contribution in [0.3, 0.4) is 0 Å². The molecule has 92 valence electrons. The molecule has 0 atom stereocenters. The molecular formula is C11H26ClNOSi. The summed E-state index contributed by atoms with van der Waals surface area (Å²) in [5.41, 5.74) is 0. The van der Waals surface area contributed by atoms with Gasteiger partial charge in [0.05, 0.1) is 6.61 Å². The molecule has 0 saturated heterocycles. The molecule has 0 aliphatic rings. The third kappa shape index (κ3) is 12.4. The normalized spacial score (nSPS) is 11.6. The van der Waals surface area contributed by atoms with Gasteiger partial charge < -0.3 is 9.64 Å². The van der Waals surface area contributed by atoms with Crippen molar-refractivity contribution in [2.45, 2.75) is 32.0 Å². The van der Waals surface area contributed by atoms with Crippen LogP contribution in [0.1, 0.15) is 12.8 Å². The second kappa shape index (κ2) is 10.9. The number of hydrogen-bond acceptors (Lipinski definition) is 2. The maximum absolute atomic E-state index is 5.51. The minimum atomic E-state index is -0.338. The van der Waals surface area contributed by atoms with Crippen molar-refractivity contribution in [3.8, 4) is 0 Å². The summed E-state index contributed by atoms with van der Waals surface area (Å²) < 4.78 is 5.32. The van der Waals surface area contributed by atoms with Crippen LogP contribution in [0, 0.1) is 0 Å². The molecule has 0 N–H and O–H groups in total. The molecule has 2 nitrogen and oxygen atoms in total. The highest BCUT2D eigenvalue weighted by Crippen LogP contribution is 1.99. The predicted molar refractivity (Wildman–Crippen MR) is 72.0 cm³/mol. The van der Waals surface area contributed by atoms with Gasteiger partial charge in [0, 0.05) is 27.8 Å². The third-order valence-corrected chi connectivity index (χ3v) is 4.09. The van der Waals surface area contributed by atoms with Gasteiger partial charge in [-0.3, -0.25) is 0 Å². The molecule has 0 unspecified atom stereocenters. The number of rotatable bonds is 10. The Labute approximate surface area is 102 Å². The van der Waals surface area contributed by atoms with Crippen LogP contribution in [-0.4, -0.2) is 52.9 Å². The van der Waals surface area contributed by atoms with Crippen molar-refractivity contribution >= 4 is 20.4 Å². The van der Waals surface area contributed by atoms with Crippen molar-refractivity contribution in [3.05, 3.63) is 0 Å². The molecular weight excluding hydrogens is 226 g/mol. The van der Waals surface area contributed by atoms with Crippen molar-refractivity contribution in [2.24, 2.45) is 0 Å². The summed E-state index contributed by atoms with van der Waals surface area (Å²) >= 11 is 5.51. The fourth-order valence-electron chi connectivity index (χ4n) is 1.47. The van der Waals surface area contributed by atoms with E-state index >= 15 is 0 Å². The van der Waals surface area contributed by atoms with Gasteiger partial charge in [-0.1, -0.05) is 19.1 Å². The minimum absolute atomic E-state index is 0.338. The molecule has 4 heteroatoms. The number of halogens is 1. The van der Waals surface area contributed by atoms with Gasteiger partial charge >= 0.3 is 0 Å². The summed E-state index contributed by atoms with van der Waals surface area (Å²) in [4.78, 5) is 2.40. The van der Waals surface area contributed by atoms with E-state index in [2.05, 4.69) is 25.0 Å². The highest BCUT2D eigenvalue weighted by Gasteiger charge is 2.00. The summed E-state index contributed by atoms with van der Waals surface area (Å²) in [6.45, 7) is 8.74. The van der Waals surface area contributed by atoms with E-state index in [1.54, 1.807) is 0 Å². The van der Waals surface area contributed by atoms with E-state index in [1.807, 2.05) is 0 Å². The second-order valence-electron chi connectivity index (χ2n) is 4.49. The quantitative estimate of drug-likeness (QED) is 0.336. The Hall–Kier alpha value is 0.427. The third-order valence-electron chi connectivity index (χ3n) is 2.37. The fourth-order valence-corrected chi connectivity index (χ4v) is 2.58. The van der Waals surface area contributed by atoms with Crippen LogP contribution in [-0.2, 0) is 4.74 Å². The van der Waals surface area contributed by atoms with E-state index in [4.69, 9.17) is 16.3 Å². The van der Waals surface area contributed by atoms with Crippen LogP contribution >= 0.6 is 11.6 Å². The maximum atomic E-state index is 5.51. The van der Waals surface area contributed by atoms with Crippen LogP contribution in [0.4, 0.5) is 0 Å². The lowest BCUT2D eigenvalue weighted by atomic mass is 10.4. The molecule has 0 radical (unpaired) electrons. The van der Waals surface area contributed by atoms with Crippen LogP contribution < -0.4 is 0 Å². The average molecular weight is 252 g/mol. The molecule has 0 bridgehead atoms. The van der Waals surface area contributed by atoms with Gasteiger partial charge in [0.2, 0.25) is 0 Å². The molecule has 15 heavy (non-hydrogen) atoms. The number of nitrogens with zero attached hydrogens (tertiary/aromatic N) is 1. The molecule has 0 heterocycles. The first-order chi connectivity index (χ1) is 7.16. The summed E-state index contributed by atoms with van der Waals surface area (Å²) in [6, 6.07) is 1.47. The first-order valence-electron chi connectivity index (χ1n) is 5.99. The van der Waals surface area contributed by atoms with E-state index in [-0.39, 0.29) is 8.80 Å². The Kier molecular flexibility index (Phi) is 11.2. The van der Waals surface area contributed by atoms with Gasteiger partial charge in [-0.2, -0.15) is 0 Å². The lowest BCUT2D eigenvalue weighted by Gasteiger charge is -2.16. The topological polar surface area (TPSA) is 12.5 Å². The van der Waals surface area contributed by atoms with E-state index < -0.39 is 0 Å². The van der Waals surface area contributed by atoms with Crippen molar-refractivity contribution in [1.82, 2.24) is 4.90 Å². The number of ether oxygens (including phenoxy) is 1. The number of alkyl halides is 1. The Bertz CT molecular complexity index is 136. The van der Waals surface area contributed by atoms with Gasteiger partial charge in [-0.25, -0.2) is 0 Å². The SMILES string of the molecule is CN(CCCOCCCl)CCC[SiH](C)C. The summed E-state index contributed by atoms with van der Waals surface area (Å²) in [6.07, 6.45) is 2.48. The van der Waals surface area contributed by atoms with E-state index in [0.29, 0.717) is 12.5 Å². The molecule has 0 aliphatic heterocycles. The second-order valence-corrected chi connectivity index (χ2v) is 8.24. The van der Waals surface area contributed by atoms with Gasteiger partial charge in [0.25, 0.3) is 0 Å². The summed E-state index contributed by atoms with van der Waals surface area (Å²) in [5, 5.41) is 0. The smallest absolute Gasteiger partial charge is 0.0601 e. The molecule has 0 rings (SSSR count). The molecule has 0 amide bonds. The minimum Gasteiger partial charge on any atom is -0.380 e. The van der Waals surface area contributed by atoms with Crippen LogP contribution in [0.2, 0.25) is 19.1 Å². The van der Waals surface area contributed by atoms with E-state index in [0.717, 1.165) is 19.6 Å². The Balaban J connectivity index is 3.15. The summed E-state index contributed by atoms with van der Waals surface area (Å²) in [7, 11) is 1.86. The zero-order valence-corrected chi connectivity index (χ0v) is 12.4. The van der Waals surface area contributed by atoms with Gasteiger partial charge in [0.1, 0.15) is 0 Å². The maximum Gasteiger partial charge on any atom is 0.0601 e. The van der Waals surface area contributed by atoms with Crippen LogP contribution in [0.25, 0.3) is 0 Å². The predicted octanol–water partition coefficient (Wildman–Crippen LogP) is 2.44. The van der Waals surface area contributed by atoms with Crippen LogP contribution in [0.5, 0.6) is 0 Å². The first kappa shape index (κ1) is 15.4. The molecule has 0 aromatic heterocycles. The lowest BCUT2D eigenvalue weighted by molar-refractivity contribution is 0.137. The van der Waals surface area contributed by atoms with Gasteiger partial charge in [-0.15, -0.1) is 11.6 Å². The van der Waals surface area contributed by atoms with Crippen molar-refractivity contribution < 1.29 is 4.74 Å². The monoisotopic (exact) mass is 251 g/mol. The molecule has 0 aromatic carbocycles. The fraction of sp³-hybridized carbons (Fsp3) is 1.00. The molecule has 0 spiro atoms. The van der Waals surface area contributed by atoms with Gasteiger partial charge in [0.15, 0.2) is 0 Å². The molecule has 0 fully saturated rings. The zero-order valence-electron chi connectivity index (χ0n) is 10.5. The first-order valence-corrected chi connectivity index (χ1v) is 9.65. The highest BCUT2D eigenvalue weighted by atomic mass is 35.5. The standard InChI is InChI=1S/C11H26ClNOSi/c1-13(8-5-11-15(2)3)7-4-9-14-10-6-12/h15H,4-11H2,1-3H3. The molecule has 0 saturated carbocycles. The molecule has 0 aromatic rings. The Morgan fingerprint density at radius 2 is 1.80 bits per heavy atom. The Morgan fingerprint density at radius 1 is 1.13 bits per heavy atom. The highest BCUT2D eigenvalue weighted by molar-refractivity contribution is 6.55. The van der Waals surface area contributed by atoms with Crippen LogP contribution in [0.15, 0.2) is 0 Å². The number of hydrogen-bond donors (Lipinski definition) is 0. The average Bonchev–Trinajstić information content (AvgIpc) is 2.17. The van der Waals surface area contributed by atoms with E-state index in [9.17, 15) is 0 Å². The lowest BCUT2D eigenvalue weighted by Crippen LogP contribution is -2.22. The largest absolute Gasteiger partial charge is 0.380 e. The van der Waals surface area contributed by atoms with Crippen molar-refractivity contribution in [3.63, 3.8) is 0 Å². The van der Waals surface area contributed by atoms with Crippen molar-refractivity contribution in [1.29, 1.82) is 0 Å². The Morgan fingerprint density at radius 3 is 2.40 bits per heavy atom. The zero-order chi connectivity index (χ0) is 11.5. The van der Waals surface area contributed by atoms with Crippen molar-refractivity contribution in [2.75, 3.05) is 39.2 Å².